The molecule has 6 nitrogen and oxygen atoms in total. The minimum Gasteiger partial charge on any atom is -0.462 e. The predicted octanol–water partition coefficient (Wildman–Crippen LogP) is 14.0. The lowest BCUT2D eigenvalue weighted by Crippen LogP contribution is -2.30. The maximum Gasteiger partial charge on any atom is 0.306 e. The molecule has 1 atom stereocenters. The molecule has 0 radical (unpaired) electrons. The highest BCUT2D eigenvalue weighted by atomic mass is 16.6. The first-order chi connectivity index (χ1) is 25.5. The second-order valence-corrected chi connectivity index (χ2v) is 15.0. The van der Waals surface area contributed by atoms with E-state index in [1.54, 1.807) is 0 Å². The van der Waals surface area contributed by atoms with Gasteiger partial charge in [0.15, 0.2) is 6.10 Å². The molecule has 0 saturated carbocycles. The molecular weight excluding hydrogens is 649 g/mol. The molecule has 0 fully saturated rings. The van der Waals surface area contributed by atoms with Gasteiger partial charge in [0.25, 0.3) is 0 Å². The van der Waals surface area contributed by atoms with Gasteiger partial charge in [-0.3, -0.25) is 14.4 Å². The van der Waals surface area contributed by atoms with Gasteiger partial charge in [0, 0.05) is 19.3 Å². The third-order valence-electron chi connectivity index (χ3n) is 9.68. The lowest BCUT2D eigenvalue weighted by Gasteiger charge is -2.18. The van der Waals surface area contributed by atoms with E-state index in [-0.39, 0.29) is 31.1 Å². The van der Waals surface area contributed by atoms with Gasteiger partial charge in [0.2, 0.25) is 0 Å². The van der Waals surface area contributed by atoms with E-state index in [2.05, 4.69) is 45.1 Å². The van der Waals surface area contributed by atoms with Gasteiger partial charge < -0.3 is 14.2 Å². The van der Waals surface area contributed by atoms with Crippen LogP contribution in [0.3, 0.4) is 0 Å². The van der Waals surface area contributed by atoms with Gasteiger partial charge >= 0.3 is 17.9 Å². The SMILES string of the molecule is CCCCCC/C=C\CCCC(=O)OCC(COC(=O)CCCCC/C=C\CCCCCCCC)OC(=O)CCCCCCCCCCCCCC. The third kappa shape index (κ3) is 39.1. The Morgan fingerprint density at radius 1 is 0.365 bits per heavy atom. The van der Waals surface area contributed by atoms with E-state index < -0.39 is 6.10 Å². The van der Waals surface area contributed by atoms with E-state index >= 15 is 0 Å². The number of ether oxygens (including phenoxy) is 3. The van der Waals surface area contributed by atoms with Crippen molar-refractivity contribution in [2.75, 3.05) is 13.2 Å². The highest BCUT2D eigenvalue weighted by Gasteiger charge is 2.19. The molecule has 1 unspecified atom stereocenters. The average Bonchev–Trinajstić information content (AvgIpc) is 3.14. The van der Waals surface area contributed by atoms with Crippen molar-refractivity contribution in [1.29, 1.82) is 0 Å². The van der Waals surface area contributed by atoms with Crippen LogP contribution in [-0.4, -0.2) is 37.2 Å². The maximum atomic E-state index is 12.7. The molecule has 0 N–H and O–H groups in total. The summed E-state index contributed by atoms with van der Waals surface area (Å²) in [4.78, 5) is 37.6. The second-order valence-electron chi connectivity index (χ2n) is 15.0. The van der Waals surface area contributed by atoms with Crippen molar-refractivity contribution in [3.63, 3.8) is 0 Å². The second kappa shape index (κ2) is 41.6. The van der Waals surface area contributed by atoms with Crippen molar-refractivity contribution in [2.24, 2.45) is 0 Å². The zero-order valence-electron chi connectivity index (χ0n) is 34.6. The van der Waals surface area contributed by atoms with E-state index in [9.17, 15) is 14.4 Å². The van der Waals surface area contributed by atoms with Gasteiger partial charge in [-0.15, -0.1) is 0 Å². The van der Waals surface area contributed by atoms with Crippen LogP contribution in [0.25, 0.3) is 0 Å². The summed E-state index contributed by atoms with van der Waals surface area (Å²) in [5.74, 6) is -0.933. The Balaban J connectivity index is 4.39. The molecule has 0 heterocycles. The molecule has 0 aromatic heterocycles. The average molecular weight is 733 g/mol. The Morgan fingerprint density at radius 3 is 1.08 bits per heavy atom. The lowest BCUT2D eigenvalue weighted by atomic mass is 10.0. The van der Waals surface area contributed by atoms with Crippen LogP contribution < -0.4 is 0 Å². The largest absolute Gasteiger partial charge is 0.462 e. The summed E-state index contributed by atoms with van der Waals surface area (Å²) >= 11 is 0. The monoisotopic (exact) mass is 733 g/mol. The van der Waals surface area contributed by atoms with Gasteiger partial charge in [0.1, 0.15) is 13.2 Å². The quantitative estimate of drug-likeness (QED) is 0.0270. The number of allylic oxidation sites excluding steroid dienone is 4. The first kappa shape index (κ1) is 49.9. The summed E-state index contributed by atoms with van der Waals surface area (Å²) in [6.45, 7) is 6.55. The third-order valence-corrected chi connectivity index (χ3v) is 9.68. The smallest absolute Gasteiger partial charge is 0.306 e. The fraction of sp³-hybridized carbons (Fsp3) is 0.848. The minimum atomic E-state index is -0.780. The van der Waals surface area contributed by atoms with Gasteiger partial charge in [-0.2, -0.15) is 0 Å². The number of carbonyl (C=O) groups excluding carboxylic acids is 3. The van der Waals surface area contributed by atoms with Crippen LogP contribution in [0.4, 0.5) is 0 Å². The fourth-order valence-electron chi connectivity index (χ4n) is 6.26. The molecule has 6 heteroatoms. The molecular formula is C46H84O6. The summed E-state index contributed by atoms with van der Waals surface area (Å²) in [6.07, 6.45) is 44.5. The normalized spacial score (nSPS) is 12.1. The number of unbranched alkanes of at least 4 members (excludes halogenated alkanes) is 25. The number of rotatable bonds is 40. The summed E-state index contributed by atoms with van der Waals surface area (Å²) in [5, 5.41) is 0. The highest BCUT2D eigenvalue weighted by Crippen LogP contribution is 2.14. The van der Waals surface area contributed by atoms with Crippen molar-refractivity contribution < 1.29 is 28.6 Å². The van der Waals surface area contributed by atoms with Gasteiger partial charge in [-0.05, 0) is 64.2 Å². The van der Waals surface area contributed by atoms with Crippen molar-refractivity contribution in [3.05, 3.63) is 24.3 Å². The van der Waals surface area contributed by atoms with Crippen LogP contribution in [0.2, 0.25) is 0 Å². The Hall–Kier alpha value is -2.11. The van der Waals surface area contributed by atoms with Crippen molar-refractivity contribution >= 4 is 17.9 Å². The molecule has 0 aromatic carbocycles. The molecule has 0 spiro atoms. The van der Waals surface area contributed by atoms with Crippen molar-refractivity contribution in [3.8, 4) is 0 Å². The number of hydrogen-bond acceptors (Lipinski definition) is 6. The van der Waals surface area contributed by atoms with E-state index in [0.29, 0.717) is 19.3 Å². The molecule has 0 bridgehead atoms. The molecule has 0 aliphatic heterocycles. The van der Waals surface area contributed by atoms with Gasteiger partial charge in [0.05, 0.1) is 0 Å². The Bertz CT molecular complexity index is 850. The Kier molecular flexibility index (Phi) is 40.0. The van der Waals surface area contributed by atoms with Crippen LogP contribution in [0.15, 0.2) is 24.3 Å². The molecule has 0 amide bonds. The number of esters is 3. The van der Waals surface area contributed by atoms with Crippen LogP contribution in [0.5, 0.6) is 0 Å². The summed E-state index contributed by atoms with van der Waals surface area (Å²) in [5.41, 5.74) is 0. The van der Waals surface area contributed by atoms with Gasteiger partial charge in [-0.25, -0.2) is 0 Å². The predicted molar refractivity (Wildman–Crippen MR) is 219 cm³/mol. The fourth-order valence-corrected chi connectivity index (χ4v) is 6.26. The van der Waals surface area contributed by atoms with Crippen molar-refractivity contribution in [2.45, 2.75) is 239 Å². The Labute approximate surface area is 322 Å². The van der Waals surface area contributed by atoms with Crippen LogP contribution in [0, 0.1) is 0 Å². The lowest BCUT2D eigenvalue weighted by molar-refractivity contribution is -0.167. The van der Waals surface area contributed by atoms with E-state index in [0.717, 1.165) is 70.6 Å². The molecule has 304 valence electrons. The van der Waals surface area contributed by atoms with Crippen molar-refractivity contribution in [1.82, 2.24) is 0 Å². The summed E-state index contributed by atoms with van der Waals surface area (Å²) in [6, 6.07) is 0. The van der Waals surface area contributed by atoms with E-state index in [4.69, 9.17) is 14.2 Å². The number of carbonyl (C=O) groups is 3. The van der Waals surface area contributed by atoms with Gasteiger partial charge in [-0.1, -0.05) is 173 Å². The molecule has 0 rings (SSSR count). The molecule has 0 aromatic rings. The van der Waals surface area contributed by atoms with Crippen LogP contribution in [-0.2, 0) is 28.6 Å². The molecule has 0 aliphatic rings. The van der Waals surface area contributed by atoms with Crippen LogP contribution in [0.1, 0.15) is 233 Å². The Morgan fingerprint density at radius 2 is 0.654 bits per heavy atom. The molecule has 0 aliphatic carbocycles. The zero-order valence-corrected chi connectivity index (χ0v) is 34.6. The first-order valence-corrected chi connectivity index (χ1v) is 22.3. The summed E-state index contributed by atoms with van der Waals surface area (Å²) in [7, 11) is 0. The highest BCUT2D eigenvalue weighted by molar-refractivity contribution is 5.71. The van der Waals surface area contributed by atoms with Crippen LogP contribution >= 0.6 is 0 Å². The number of hydrogen-bond donors (Lipinski definition) is 0. The molecule has 0 saturated heterocycles. The maximum absolute atomic E-state index is 12.7. The van der Waals surface area contributed by atoms with E-state index in [1.165, 1.54) is 122 Å². The summed E-state index contributed by atoms with van der Waals surface area (Å²) < 4.78 is 16.6. The first-order valence-electron chi connectivity index (χ1n) is 22.3. The topological polar surface area (TPSA) is 78.9 Å². The van der Waals surface area contributed by atoms with E-state index in [1.807, 2.05) is 0 Å². The standard InChI is InChI=1S/C46H84O6/c1-4-7-10-13-16-19-21-23-25-27-30-33-36-39-45(48)51-42-43(41-50-44(47)38-35-32-29-26-18-15-12-9-6-3)52-46(49)40-37-34-31-28-24-22-20-17-14-11-8-5-2/h23,25-26,29,43H,4-22,24,27-28,30-42H2,1-3H3/b25-23-,29-26-. The minimum absolute atomic E-state index is 0.0851. The molecule has 52 heavy (non-hydrogen) atoms. The zero-order chi connectivity index (χ0) is 38.0.